The minimum Gasteiger partial charge on any atom is -0.457 e. The Labute approximate surface area is 204 Å². The first-order chi connectivity index (χ1) is 16.3. The number of rotatable bonds is 8. The number of anilines is 1. The summed E-state index contributed by atoms with van der Waals surface area (Å²) in [5, 5.41) is 0.598. The van der Waals surface area contributed by atoms with Gasteiger partial charge in [0.05, 0.1) is 4.90 Å². The number of aromatic nitrogens is 1. The van der Waals surface area contributed by atoms with Gasteiger partial charge in [0.1, 0.15) is 17.2 Å². The van der Waals surface area contributed by atoms with Gasteiger partial charge < -0.3 is 14.6 Å². The Kier molecular flexibility index (Phi) is 7.57. The van der Waals surface area contributed by atoms with Crippen molar-refractivity contribution in [2.24, 2.45) is 0 Å². The maximum absolute atomic E-state index is 13.6. The molecule has 0 spiro atoms. The lowest BCUT2D eigenvalue weighted by molar-refractivity contribution is 0.157. The Balaban J connectivity index is 1.56. The molecule has 0 bridgehead atoms. The van der Waals surface area contributed by atoms with E-state index in [2.05, 4.69) is 21.8 Å². The molecule has 3 aromatic rings. The molecule has 2 heterocycles. The molecule has 0 amide bonds. The van der Waals surface area contributed by atoms with Gasteiger partial charge in [0.2, 0.25) is 0 Å². The smallest absolute Gasteiger partial charge is 0.272 e. The Morgan fingerprint density at radius 2 is 1.59 bits per heavy atom. The number of nitrogens with zero attached hydrogens (tertiary/aromatic N) is 3. The average molecular weight is 503 g/mol. The predicted octanol–water partition coefficient (Wildman–Crippen LogP) is 3.26. The fourth-order valence-corrected chi connectivity index (χ4v) is 5.31. The Bertz CT molecular complexity index is 1260. The summed E-state index contributed by atoms with van der Waals surface area (Å²) in [7, 11) is -1.91. The third-order valence-corrected chi connectivity index (χ3v) is 7.82. The first kappa shape index (κ1) is 24.3. The number of nitrogens with one attached hydrogen (secondary N) is 1. The highest BCUT2D eigenvalue weighted by Crippen LogP contribution is 2.26. The molecule has 34 heavy (non-hydrogen) atoms. The topological polar surface area (TPSA) is 86.0 Å². The van der Waals surface area contributed by atoms with E-state index in [-0.39, 0.29) is 17.1 Å². The lowest BCUT2D eigenvalue weighted by Gasteiger charge is -2.34. The molecule has 1 aliphatic rings. The highest BCUT2D eigenvalue weighted by Gasteiger charge is 2.28. The number of benzene rings is 2. The van der Waals surface area contributed by atoms with Gasteiger partial charge in [-0.3, -0.25) is 14.0 Å². The normalized spacial score (nSPS) is 15.2. The van der Waals surface area contributed by atoms with Crippen molar-refractivity contribution in [3.8, 4) is 11.5 Å². The maximum Gasteiger partial charge on any atom is 0.272 e. The van der Waals surface area contributed by atoms with Crippen molar-refractivity contribution in [1.82, 2.24) is 14.8 Å². The third kappa shape index (κ3) is 5.79. The first-order valence-corrected chi connectivity index (χ1v) is 12.8. The first-order valence-electron chi connectivity index (χ1n) is 11.0. The molecule has 180 valence electrons. The summed E-state index contributed by atoms with van der Waals surface area (Å²) in [4.78, 5) is 19.6. The van der Waals surface area contributed by atoms with Crippen LogP contribution in [0, 0.1) is 0 Å². The molecule has 2 aromatic carbocycles. The molecular weight excluding hydrogens is 476 g/mol. The number of halogens is 1. The van der Waals surface area contributed by atoms with Crippen LogP contribution in [0.4, 0.5) is 5.69 Å². The number of pyridine rings is 1. The van der Waals surface area contributed by atoms with Gasteiger partial charge in [0.15, 0.2) is 0 Å². The van der Waals surface area contributed by atoms with E-state index in [1.165, 1.54) is 28.7 Å². The Hall–Kier alpha value is -2.85. The lowest BCUT2D eigenvalue weighted by atomic mass is 10.3. The second kappa shape index (κ2) is 10.6. The number of aromatic amines is 1. The highest BCUT2D eigenvalue weighted by molar-refractivity contribution is 7.92. The summed E-state index contributed by atoms with van der Waals surface area (Å²) >= 11 is 5.90. The molecule has 0 aliphatic carbocycles. The fourth-order valence-electron chi connectivity index (χ4n) is 3.73. The number of hydrogen-bond acceptors (Lipinski definition) is 6. The summed E-state index contributed by atoms with van der Waals surface area (Å²) in [6.07, 6.45) is 1.49. The van der Waals surface area contributed by atoms with Crippen LogP contribution in [-0.2, 0) is 10.0 Å². The quantitative estimate of drug-likeness (QED) is 0.509. The Morgan fingerprint density at radius 1 is 0.971 bits per heavy atom. The van der Waals surface area contributed by atoms with Crippen LogP contribution in [0.2, 0.25) is 5.02 Å². The molecule has 0 saturated carbocycles. The SMILES string of the molecule is CN1CCN(CCN(c2ccc[nH]c2=O)S(=O)(=O)c2ccc(Oc3ccc(Cl)cc3)cc2)CC1. The minimum atomic E-state index is -3.98. The van der Waals surface area contributed by atoms with E-state index in [4.69, 9.17) is 16.3 Å². The maximum atomic E-state index is 13.6. The van der Waals surface area contributed by atoms with E-state index in [1.54, 1.807) is 42.5 Å². The standard InChI is InChI=1S/C24H27ClN4O4S/c1-27-13-15-28(16-14-27)17-18-29(23-3-2-12-26-24(23)30)34(31,32)22-10-8-21(9-11-22)33-20-6-4-19(25)5-7-20/h2-12H,13-18H2,1H3,(H,26,30). The van der Waals surface area contributed by atoms with Crippen LogP contribution in [-0.4, -0.2) is 69.5 Å². The van der Waals surface area contributed by atoms with Gasteiger partial charge in [-0.15, -0.1) is 0 Å². The molecule has 10 heteroatoms. The van der Waals surface area contributed by atoms with E-state index in [0.717, 1.165) is 26.2 Å². The van der Waals surface area contributed by atoms with Gasteiger partial charge in [-0.1, -0.05) is 11.6 Å². The summed E-state index contributed by atoms with van der Waals surface area (Å²) in [5.41, 5.74) is -0.356. The number of sulfonamides is 1. The van der Waals surface area contributed by atoms with Crippen LogP contribution in [0.1, 0.15) is 0 Å². The number of H-pyrrole nitrogens is 1. The van der Waals surface area contributed by atoms with Crippen molar-refractivity contribution < 1.29 is 13.2 Å². The summed E-state index contributed by atoms with van der Waals surface area (Å²) < 4.78 is 34.2. The second-order valence-electron chi connectivity index (χ2n) is 8.13. The zero-order valence-corrected chi connectivity index (χ0v) is 20.4. The van der Waals surface area contributed by atoms with Crippen molar-refractivity contribution in [1.29, 1.82) is 0 Å². The van der Waals surface area contributed by atoms with Crippen molar-refractivity contribution in [2.45, 2.75) is 4.90 Å². The fraction of sp³-hybridized carbons (Fsp3) is 0.292. The summed E-state index contributed by atoms with van der Waals surface area (Å²) in [6, 6.07) is 16.2. The number of piperazine rings is 1. The molecule has 1 N–H and O–H groups in total. The molecule has 8 nitrogen and oxygen atoms in total. The van der Waals surface area contributed by atoms with E-state index < -0.39 is 15.6 Å². The zero-order chi connectivity index (χ0) is 24.1. The van der Waals surface area contributed by atoms with Crippen LogP contribution in [0.15, 0.2) is 76.6 Å². The van der Waals surface area contributed by atoms with E-state index in [9.17, 15) is 13.2 Å². The number of hydrogen-bond donors (Lipinski definition) is 1. The van der Waals surface area contributed by atoms with Crippen molar-refractivity contribution >= 4 is 27.3 Å². The second-order valence-corrected chi connectivity index (χ2v) is 10.4. The van der Waals surface area contributed by atoms with Crippen molar-refractivity contribution in [2.75, 3.05) is 50.6 Å². The molecule has 0 atom stereocenters. The Morgan fingerprint density at radius 3 is 2.21 bits per heavy atom. The van der Waals surface area contributed by atoms with Crippen LogP contribution in [0.25, 0.3) is 0 Å². The minimum absolute atomic E-state index is 0.0811. The summed E-state index contributed by atoms with van der Waals surface area (Å²) in [5.74, 6) is 1.08. The lowest BCUT2D eigenvalue weighted by Crippen LogP contribution is -2.48. The van der Waals surface area contributed by atoms with Crippen LogP contribution in [0.5, 0.6) is 11.5 Å². The molecule has 4 rings (SSSR count). The average Bonchev–Trinajstić information content (AvgIpc) is 2.83. The molecule has 1 aliphatic heterocycles. The zero-order valence-electron chi connectivity index (χ0n) is 18.9. The largest absolute Gasteiger partial charge is 0.457 e. The van der Waals surface area contributed by atoms with E-state index in [1.807, 2.05) is 0 Å². The molecule has 0 radical (unpaired) electrons. The molecule has 1 aromatic heterocycles. The van der Waals surface area contributed by atoms with Crippen molar-refractivity contribution in [3.05, 3.63) is 82.2 Å². The van der Waals surface area contributed by atoms with E-state index in [0.29, 0.717) is 23.1 Å². The van der Waals surface area contributed by atoms with Gasteiger partial charge in [0.25, 0.3) is 15.6 Å². The van der Waals surface area contributed by atoms with Gasteiger partial charge >= 0.3 is 0 Å². The van der Waals surface area contributed by atoms with Crippen LogP contribution >= 0.6 is 11.6 Å². The van der Waals surface area contributed by atoms with Crippen LogP contribution < -0.4 is 14.6 Å². The van der Waals surface area contributed by atoms with Gasteiger partial charge in [-0.2, -0.15) is 0 Å². The monoisotopic (exact) mass is 502 g/mol. The van der Waals surface area contributed by atoms with Gasteiger partial charge in [-0.25, -0.2) is 8.42 Å². The molecule has 0 unspecified atom stereocenters. The number of likely N-dealkylation sites (N-methyl/N-ethyl adjacent to an activating group) is 1. The number of ether oxygens (including phenoxy) is 1. The van der Waals surface area contributed by atoms with Crippen molar-refractivity contribution in [3.63, 3.8) is 0 Å². The van der Waals surface area contributed by atoms with Crippen LogP contribution in [0.3, 0.4) is 0 Å². The van der Waals surface area contributed by atoms with Gasteiger partial charge in [-0.05, 0) is 67.7 Å². The highest BCUT2D eigenvalue weighted by atomic mass is 35.5. The molecular formula is C24H27ClN4O4S. The van der Waals surface area contributed by atoms with E-state index >= 15 is 0 Å². The third-order valence-electron chi connectivity index (χ3n) is 5.74. The molecule has 1 fully saturated rings. The van der Waals surface area contributed by atoms with Gasteiger partial charge in [0, 0.05) is 50.5 Å². The predicted molar refractivity (Wildman–Crippen MR) is 133 cm³/mol. The summed E-state index contributed by atoms with van der Waals surface area (Å²) in [6.45, 7) is 4.25. The molecule has 1 saturated heterocycles.